The number of nitrogens with one attached hydrogen (secondary N) is 1. The number of benzene rings is 2. The Morgan fingerprint density at radius 1 is 1.16 bits per heavy atom. The molecule has 25 heavy (non-hydrogen) atoms. The Kier molecular flexibility index (Phi) is 6.16. The molecule has 0 fully saturated rings. The maximum Gasteiger partial charge on any atom is 0.277 e. The van der Waals surface area contributed by atoms with Crippen LogP contribution < -0.4 is 5.32 Å². The van der Waals surface area contributed by atoms with Crippen LogP contribution in [0.5, 0.6) is 0 Å². The first-order valence-electron chi connectivity index (χ1n) is 6.98. The van der Waals surface area contributed by atoms with Crippen molar-refractivity contribution in [1.29, 1.82) is 0 Å². The minimum Gasteiger partial charge on any atom is -0.411 e. The largest absolute Gasteiger partial charge is 0.411 e. The van der Waals surface area contributed by atoms with E-state index in [1.807, 2.05) is 24.3 Å². The predicted octanol–water partition coefficient (Wildman–Crippen LogP) is 5.65. The van der Waals surface area contributed by atoms with Gasteiger partial charge in [-0.3, -0.25) is 4.79 Å². The van der Waals surface area contributed by atoms with E-state index in [0.29, 0.717) is 21.8 Å². The molecule has 0 aliphatic rings. The van der Waals surface area contributed by atoms with Gasteiger partial charge in [-0.05, 0) is 58.4 Å². The van der Waals surface area contributed by atoms with Crippen molar-refractivity contribution in [3.63, 3.8) is 0 Å². The Bertz CT molecular complexity index is 903. The standard InChI is InChI=1S/C16H10Br2ClN3O2S/c17-10-3-1-9(2-4-10)15-21-22-16(24-15)25-8-14(23)20-11-5-6-12(18)13(19)7-11/h1-7H,8H2,(H,20,23). The van der Waals surface area contributed by atoms with Crippen molar-refractivity contribution in [3.8, 4) is 11.5 Å². The molecule has 3 aromatic rings. The van der Waals surface area contributed by atoms with Crippen molar-refractivity contribution in [3.05, 3.63) is 56.4 Å². The average Bonchev–Trinajstić information content (AvgIpc) is 3.06. The molecule has 128 valence electrons. The van der Waals surface area contributed by atoms with Gasteiger partial charge < -0.3 is 9.73 Å². The average molecular weight is 504 g/mol. The van der Waals surface area contributed by atoms with E-state index in [1.54, 1.807) is 18.2 Å². The smallest absolute Gasteiger partial charge is 0.277 e. The van der Waals surface area contributed by atoms with Crippen LogP contribution in [0.1, 0.15) is 0 Å². The quantitative estimate of drug-likeness (QED) is 0.456. The zero-order valence-electron chi connectivity index (χ0n) is 12.5. The molecule has 2 aromatic carbocycles. The van der Waals surface area contributed by atoms with Gasteiger partial charge in [0.15, 0.2) is 0 Å². The molecule has 0 saturated carbocycles. The molecule has 5 nitrogen and oxygen atoms in total. The van der Waals surface area contributed by atoms with E-state index in [9.17, 15) is 4.79 Å². The normalized spacial score (nSPS) is 10.7. The van der Waals surface area contributed by atoms with Gasteiger partial charge in [-0.15, -0.1) is 10.2 Å². The number of amides is 1. The van der Waals surface area contributed by atoms with Gasteiger partial charge in [-0.1, -0.05) is 39.3 Å². The Labute approximate surface area is 169 Å². The predicted molar refractivity (Wildman–Crippen MR) is 106 cm³/mol. The van der Waals surface area contributed by atoms with Gasteiger partial charge in [0.25, 0.3) is 5.22 Å². The van der Waals surface area contributed by atoms with Crippen molar-refractivity contribution in [2.24, 2.45) is 0 Å². The summed E-state index contributed by atoms with van der Waals surface area (Å²) in [7, 11) is 0. The third-order valence-corrected chi connectivity index (χ3v) is 5.61. The fourth-order valence-corrected chi connectivity index (χ4v) is 3.13. The third-order valence-electron chi connectivity index (χ3n) is 3.03. The molecule has 0 spiro atoms. The van der Waals surface area contributed by atoms with Crippen LogP contribution in [-0.2, 0) is 4.79 Å². The van der Waals surface area contributed by atoms with Crippen LogP contribution in [0.2, 0.25) is 5.02 Å². The zero-order chi connectivity index (χ0) is 17.8. The summed E-state index contributed by atoms with van der Waals surface area (Å²) in [6.07, 6.45) is 0. The summed E-state index contributed by atoms with van der Waals surface area (Å²) in [5.41, 5.74) is 1.44. The van der Waals surface area contributed by atoms with Crippen LogP contribution >= 0.6 is 55.2 Å². The molecule has 3 rings (SSSR count). The number of carbonyl (C=O) groups is 1. The first-order chi connectivity index (χ1) is 12.0. The Morgan fingerprint density at radius 3 is 2.64 bits per heavy atom. The van der Waals surface area contributed by atoms with Crippen molar-refractivity contribution in [2.75, 3.05) is 11.1 Å². The lowest BCUT2D eigenvalue weighted by atomic mass is 10.2. The number of hydrogen-bond acceptors (Lipinski definition) is 5. The van der Waals surface area contributed by atoms with E-state index >= 15 is 0 Å². The molecular formula is C16H10Br2ClN3O2S. The van der Waals surface area contributed by atoms with Crippen LogP contribution in [0.25, 0.3) is 11.5 Å². The van der Waals surface area contributed by atoms with Crippen LogP contribution in [0.3, 0.4) is 0 Å². The van der Waals surface area contributed by atoms with Gasteiger partial charge in [0.1, 0.15) is 0 Å². The van der Waals surface area contributed by atoms with Crippen molar-refractivity contribution in [1.82, 2.24) is 10.2 Å². The Balaban J connectivity index is 1.57. The highest BCUT2D eigenvalue weighted by atomic mass is 79.9. The molecule has 1 N–H and O–H groups in total. The molecule has 1 heterocycles. The summed E-state index contributed by atoms with van der Waals surface area (Å²) >= 11 is 13.8. The highest BCUT2D eigenvalue weighted by Crippen LogP contribution is 2.27. The molecule has 0 aliphatic heterocycles. The lowest BCUT2D eigenvalue weighted by Gasteiger charge is -2.05. The summed E-state index contributed by atoms with van der Waals surface area (Å²) < 4.78 is 7.30. The fourth-order valence-electron chi connectivity index (χ4n) is 1.88. The first kappa shape index (κ1) is 18.4. The number of aromatic nitrogens is 2. The number of rotatable bonds is 5. The fraction of sp³-hybridized carbons (Fsp3) is 0.0625. The maximum absolute atomic E-state index is 12.0. The molecule has 0 unspecified atom stereocenters. The number of anilines is 1. The second kappa shape index (κ2) is 8.35. The SMILES string of the molecule is O=C(CSc1nnc(-c2ccc(Br)cc2)o1)Nc1ccc(Br)c(Cl)c1. The topological polar surface area (TPSA) is 68.0 Å². The first-order valence-corrected chi connectivity index (χ1v) is 9.93. The summed E-state index contributed by atoms with van der Waals surface area (Å²) in [5.74, 6) is 0.372. The van der Waals surface area contributed by atoms with Gasteiger partial charge in [-0.25, -0.2) is 0 Å². The number of nitrogens with zero attached hydrogens (tertiary/aromatic N) is 2. The second-order valence-corrected chi connectivity index (χ2v) is 7.95. The maximum atomic E-state index is 12.0. The second-order valence-electron chi connectivity index (χ2n) is 4.85. The molecule has 9 heteroatoms. The highest BCUT2D eigenvalue weighted by Gasteiger charge is 2.12. The van der Waals surface area contributed by atoms with Gasteiger partial charge >= 0.3 is 0 Å². The van der Waals surface area contributed by atoms with Crippen LogP contribution in [0.4, 0.5) is 5.69 Å². The molecule has 0 bridgehead atoms. The lowest BCUT2D eigenvalue weighted by Crippen LogP contribution is -2.13. The van der Waals surface area contributed by atoms with Gasteiger partial charge in [0.2, 0.25) is 11.8 Å². The van der Waals surface area contributed by atoms with Crippen molar-refractivity contribution < 1.29 is 9.21 Å². The number of thioether (sulfide) groups is 1. The van der Waals surface area contributed by atoms with Crippen LogP contribution in [0.15, 0.2) is 61.0 Å². The molecular weight excluding hydrogens is 494 g/mol. The highest BCUT2D eigenvalue weighted by molar-refractivity contribution is 9.10. The molecule has 0 radical (unpaired) electrons. The number of hydrogen-bond donors (Lipinski definition) is 1. The summed E-state index contributed by atoms with van der Waals surface area (Å²) in [4.78, 5) is 12.0. The lowest BCUT2D eigenvalue weighted by molar-refractivity contribution is -0.113. The van der Waals surface area contributed by atoms with E-state index in [2.05, 4.69) is 47.4 Å². The third kappa shape index (κ3) is 5.07. The number of carbonyl (C=O) groups excluding carboxylic acids is 1. The molecule has 1 aromatic heterocycles. The summed E-state index contributed by atoms with van der Waals surface area (Å²) in [6.45, 7) is 0. The molecule has 0 aliphatic carbocycles. The molecule has 1 amide bonds. The van der Waals surface area contributed by atoms with E-state index < -0.39 is 0 Å². The Morgan fingerprint density at radius 2 is 1.92 bits per heavy atom. The van der Waals surface area contributed by atoms with E-state index in [4.69, 9.17) is 16.0 Å². The van der Waals surface area contributed by atoms with E-state index in [0.717, 1.165) is 14.5 Å². The zero-order valence-corrected chi connectivity index (χ0v) is 17.2. The van der Waals surface area contributed by atoms with E-state index in [1.165, 1.54) is 11.8 Å². The van der Waals surface area contributed by atoms with Crippen molar-refractivity contribution >= 4 is 66.8 Å². The minimum absolute atomic E-state index is 0.148. The van der Waals surface area contributed by atoms with Crippen LogP contribution in [-0.4, -0.2) is 21.9 Å². The van der Waals surface area contributed by atoms with Crippen molar-refractivity contribution in [2.45, 2.75) is 5.22 Å². The summed E-state index contributed by atoms with van der Waals surface area (Å²) in [6, 6.07) is 12.7. The minimum atomic E-state index is -0.188. The summed E-state index contributed by atoms with van der Waals surface area (Å²) in [5, 5.41) is 11.6. The molecule has 0 saturated heterocycles. The van der Waals surface area contributed by atoms with E-state index in [-0.39, 0.29) is 11.7 Å². The monoisotopic (exact) mass is 501 g/mol. The van der Waals surface area contributed by atoms with Crippen LogP contribution in [0, 0.1) is 0 Å². The van der Waals surface area contributed by atoms with Gasteiger partial charge in [0.05, 0.1) is 10.8 Å². The van der Waals surface area contributed by atoms with Gasteiger partial charge in [-0.2, -0.15) is 0 Å². The number of halogens is 3. The van der Waals surface area contributed by atoms with Gasteiger partial charge in [0, 0.05) is 20.2 Å². The Hall–Kier alpha value is -1.35. The molecule has 0 atom stereocenters.